The molecule has 30 heavy (non-hydrogen) atoms. The fourth-order valence-electron chi connectivity index (χ4n) is 3.08. The summed E-state index contributed by atoms with van der Waals surface area (Å²) in [5.74, 6) is -0.0865. The monoisotopic (exact) mass is 438 g/mol. The number of carbonyl (C=O) groups is 1. The number of aromatic carboxylic acids is 1. The van der Waals surface area contributed by atoms with E-state index < -0.39 is 5.97 Å². The van der Waals surface area contributed by atoms with Crippen molar-refractivity contribution in [3.05, 3.63) is 100 Å². The Balaban J connectivity index is 1.78. The zero-order chi connectivity index (χ0) is 21.1. The maximum absolute atomic E-state index is 11.3. The Morgan fingerprint density at radius 2 is 1.80 bits per heavy atom. The zero-order valence-electron chi connectivity index (χ0n) is 15.6. The molecule has 0 unspecified atom stereocenters. The predicted molar refractivity (Wildman–Crippen MR) is 117 cm³/mol. The Labute approximate surface area is 183 Å². The van der Waals surface area contributed by atoms with Gasteiger partial charge in [0.25, 0.3) is 0 Å². The van der Waals surface area contributed by atoms with Crippen molar-refractivity contribution < 1.29 is 14.6 Å². The van der Waals surface area contributed by atoms with Gasteiger partial charge in [-0.1, -0.05) is 59.6 Å². The van der Waals surface area contributed by atoms with Gasteiger partial charge in [0.05, 0.1) is 10.7 Å². The van der Waals surface area contributed by atoms with Crippen molar-refractivity contribution in [2.45, 2.75) is 6.61 Å². The fourth-order valence-corrected chi connectivity index (χ4v) is 3.50. The van der Waals surface area contributed by atoms with Crippen molar-refractivity contribution in [2.24, 2.45) is 0 Å². The Hall–Kier alpha value is -3.28. The Kier molecular flexibility index (Phi) is 5.74. The minimum atomic E-state index is -1.11. The number of hydrogen-bond acceptors (Lipinski definition) is 3. The highest BCUT2D eigenvalue weighted by Gasteiger charge is 2.18. The molecule has 0 radical (unpaired) electrons. The summed E-state index contributed by atoms with van der Waals surface area (Å²) in [6, 6.07) is 21.6. The largest absolute Gasteiger partial charge is 0.488 e. The van der Waals surface area contributed by atoms with Crippen LogP contribution in [0.15, 0.2) is 79.0 Å². The minimum absolute atomic E-state index is 0.0603. The molecule has 2 heterocycles. The molecule has 0 spiro atoms. The lowest BCUT2D eigenvalue weighted by Gasteiger charge is -2.15. The summed E-state index contributed by atoms with van der Waals surface area (Å²) in [7, 11) is 0. The van der Waals surface area contributed by atoms with E-state index in [-0.39, 0.29) is 5.69 Å². The molecule has 7 heteroatoms. The second-order valence-electron chi connectivity index (χ2n) is 6.48. The number of hydrogen-bond donors (Lipinski definition) is 1. The molecule has 1 N–H and O–H groups in total. The quantitative estimate of drug-likeness (QED) is 0.393. The summed E-state index contributed by atoms with van der Waals surface area (Å²) < 4.78 is 7.78. The molecule has 0 saturated heterocycles. The van der Waals surface area contributed by atoms with Gasteiger partial charge in [-0.2, -0.15) is 0 Å². The molecular weight excluding hydrogens is 423 g/mol. The van der Waals surface area contributed by atoms with E-state index in [1.807, 2.05) is 30.3 Å². The highest BCUT2D eigenvalue weighted by atomic mass is 35.5. The van der Waals surface area contributed by atoms with Gasteiger partial charge in [0.1, 0.15) is 18.2 Å². The van der Waals surface area contributed by atoms with E-state index in [0.717, 1.165) is 5.56 Å². The van der Waals surface area contributed by atoms with Crippen LogP contribution in [-0.2, 0) is 6.61 Å². The summed E-state index contributed by atoms with van der Waals surface area (Å²) in [6.45, 7) is 0.376. The Morgan fingerprint density at radius 3 is 2.57 bits per heavy atom. The third kappa shape index (κ3) is 4.17. The number of halogens is 2. The molecule has 2 aromatic carbocycles. The number of nitrogens with zero attached hydrogens (tertiary/aromatic N) is 2. The number of rotatable bonds is 6. The van der Waals surface area contributed by atoms with E-state index in [9.17, 15) is 9.90 Å². The van der Waals surface area contributed by atoms with Crippen LogP contribution in [0.5, 0.6) is 5.75 Å². The summed E-state index contributed by atoms with van der Waals surface area (Å²) in [5.41, 5.74) is 2.25. The van der Waals surface area contributed by atoms with Gasteiger partial charge in [-0.05, 0) is 42.0 Å². The van der Waals surface area contributed by atoms with E-state index in [0.29, 0.717) is 39.5 Å². The van der Waals surface area contributed by atoms with Gasteiger partial charge in [-0.3, -0.25) is 4.57 Å². The second-order valence-corrected chi connectivity index (χ2v) is 7.33. The van der Waals surface area contributed by atoms with Crippen LogP contribution in [0.3, 0.4) is 0 Å². The third-order valence-corrected chi connectivity index (χ3v) is 5.01. The molecule has 5 nitrogen and oxygen atoms in total. The first kappa shape index (κ1) is 20.0. The van der Waals surface area contributed by atoms with Gasteiger partial charge in [0, 0.05) is 16.8 Å². The van der Waals surface area contributed by atoms with Crippen molar-refractivity contribution in [3.63, 3.8) is 0 Å². The summed E-state index contributed by atoms with van der Waals surface area (Å²) in [5, 5.41) is 10.3. The number of ether oxygens (including phenoxy) is 1. The molecular formula is C23H16Cl2N2O3. The number of carboxylic acid groups (broad SMARTS) is 1. The van der Waals surface area contributed by atoms with Crippen molar-refractivity contribution in [1.82, 2.24) is 9.55 Å². The van der Waals surface area contributed by atoms with Gasteiger partial charge in [-0.25, -0.2) is 9.78 Å². The molecule has 0 fully saturated rings. The van der Waals surface area contributed by atoms with Crippen LogP contribution in [0.2, 0.25) is 10.0 Å². The number of benzene rings is 2. The molecule has 0 aliphatic heterocycles. The maximum atomic E-state index is 11.3. The van der Waals surface area contributed by atoms with Gasteiger partial charge in [0.2, 0.25) is 0 Å². The van der Waals surface area contributed by atoms with Crippen LogP contribution in [0.25, 0.3) is 17.1 Å². The van der Waals surface area contributed by atoms with E-state index in [4.69, 9.17) is 27.9 Å². The van der Waals surface area contributed by atoms with Crippen LogP contribution in [-0.4, -0.2) is 20.6 Å². The van der Waals surface area contributed by atoms with Gasteiger partial charge in [-0.15, -0.1) is 0 Å². The molecule has 0 bridgehead atoms. The zero-order valence-corrected chi connectivity index (χ0v) is 17.1. The van der Waals surface area contributed by atoms with E-state index in [1.165, 1.54) is 6.07 Å². The Bertz CT molecular complexity index is 1210. The predicted octanol–water partition coefficient (Wildman–Crippen LogP) is 6.12. The molecule has 0 aliphatic rings. The first-order valence-electron chi connectivity index (χ1n) is 9.07. The Morgan fingerprint density at radius 1 is 1.00 bits per heavy atom. The summed E-state index contributed by atoms with van der Waals surface area (Å²) in [4.78, 5) is 15.5. The van der Waals surface area contributed by atoms with E-state index in [1.54, 1.807) is 47.2 Å². The van der Waals surface area contributed by atoms with Crippen LogP contribution in [0.4, 0.5) is 0 Å². The highest BCUT2D eigenvalue weighted by molar-refractivity contribution is 6.34. The molecule has 4 rings (SSSR count). The van der Waals surface area contributed by atoms with Gasteiger partial charge in [0.15, 0.2) is 5.69 Å². The maximum Gasteiger partial charge on any atom is 0.354 e. The number of aromatic nitrogens is 2. The van der Waals surface area contributed by atoms with Gasteiger partial charge < -0.3 is 9.84 Å². The van der Waals surface area contributed by atoms with Crippen LogP contribution in [0.1, 0.15) is 16.1 Å². The summed E-state index contributed by atoms with van der Waals surface area (Å²) >= 11 is 12.8. The van der Waals surface area contributed by atoms with E-state index >= 15 is 0 Å². The lowest BCUT2D eigenvalue weighted by molar-refractivity contribution is 0.0690. The second kappa shape index (κ2) is 8.61. The molecule has 150 valence electrons. The molecule has 0 amide bonds. The topological polar surface area (TPSA) is 64.3 Å². The minimum Gasteiger partial charge on any atom is -0.488 e. The van der Waals surface area contributed by atoms with E-state index in [2.05, 4.69) is 4.98 Å². The normalized spacial score (nSPS) is 10.7. The van der Waals surface area contributed by atoms with Crippen LogP contribution in [0, 0.1) is 0 Å². The molecule has 4 aromatic rings. The van der Waals surface area contributed by atoms with Crippen molar-refractivity contribution >= 4 is 29.2 Å². The lowest BCUT2D eigenvalue weighted by Crippen LogP contribution is -2.06. The third-order valence-electron chi connectivity index (χ3n) is 4.47. The average molecular weight is 439 g/mol. The van der Waals surface area contributed by atoms with Crippen LogP contribution >= 0.6 is 23.2 Å². The standard InChI is InChI=1S/C23H16Cl2N2O3/c24-16-9-10-20(30-14-15-5-2-1-3-6-15)17(13-16)22-18(25)11-12-27(22)21-8-4-7-19(26-21)23(28)29/h1-13H,14H2,(H,28,29). The smallest absolute Gasteiger partial charge is 0.354 e. The van der Waals surface area contributed by atoms with Crippen LogP contribution < -0.4 is 4.74 Å². The van der Waals surface area contributed by atoms with Crippen molar-refractivity contribution in [3.8, 4) is 22.8 Å². The lowest BCUT2D eigenvalue weighted by atomic mass is 10.1. The summed E-state index contributed by atoms with van der Waals surface area (Å²) in [6.07, 6.45) is 1.73. The first-order valence-corrected chi connectivity index (χ1v) is 9.83. The molecule has 0 saturated carbocycles. The highest BCUT2D eigenvalue weighted by Crippen LogP contribution is 2.39. The fraction of sp³-hybridized carbons (Fsp3) is 0.0435. The molecule has 2 aromatic heterocycles. The van der Waals surface area contributed by atoms with Gasteiger partial charge >= 0.3 is 5.97 Å². The van der Waals surface area contributed by atoms with Crippen molar-refractivity contribution in [1.29, 1.82) is 0 Å². The number of carboxylic acids is 1. The average Bonchev–Trinajstić information content (AvgIpc) is 3.15. The molecule has 0 atom stereocenters. The molecule has 0 aliphatic carbocycles. The SMILES string of the molecule is O=C(O)c1cccc(-n2ccc(Cl)c2-c2cc(Cl)ccc2OCc2ccccc2)n1. The van der Waals surface area contributed by atoms with Crippen molar-refractivity contribution in [2.75, 3.05) is 0 Å². The first-order chi connectivity index (χ1) is 14.5. The number of pyridine rings is 1.